The van der Waals surface area contributed by atoms with Crippen molar-refractivity contribution < 1.29 is 21.6 Å². The molecule has 22 heavy (non-hydrogen) atoms. The van der Waals surface area contributed by atoms with Crippen molar-refractivity contribution in [2.75, 3.05) is 13.1 Å². The Bertz CT molecular complexity index is 592. The van der Waals surface area contributed by atoms with Crippen LogP contribution in [0.4, 0.5) is 13.2 Å². The molecule has 0 bridgehead atoms. The van der Waals surface area contributed by atoms with Gasteiger partial charge in [0.25, 0.3) is 10.0 Å². The zero-order chi connectivity index (χ0) is 16.8. The quantitative estimate of drug-likeness (QED) is 0.590. The minimum absolute atomic E-state index is 0.0937. The summed E-state index contributed by atoms with van der Waals surface area (Å²) in [6, 6.07) is 6.89. The van der Waals surface area contributed by atoms with Crippen LogP contribution >= 0.6 is 0 Å². The summed E-state index contributed by atoms with van der Waals surface area (Å²) in [5, 5.41) is 0. The summed E-state index contributed by atoms with van der Waals surface area (Å²) in [6.45, 7) is 3.64. The average molecular weight is 336 g/mol. The van der Waals surface area contributed by atoms with E-state index >= 15 is 0 Å². The maximum absolute atomic E-state index is 13.2. The van der Waals surface area contributed by atoms with Crippen molar-refractivity contribution in [3.8, 4) is 0 Å². The molecular weight excluding hydrogens is 317 g/mol. The van der Waals surface area contributed by atoms with Gasteiger partial charge in [-0.05, 0) is 25.0 Å². The molecule has 0 aliphatic heterocycles. The summed E-state index contributed by atoms with van der Waals surface area (Å²) in [6.07, 6.45) is -3.91. The van der Waals surface area contributed by atoms with Crippen LogP contribution < -0.4 is 0 Å². The molecule has 0 aliphatic rings. The van der Waals surface area contributed by atoms with E-state index in [2.05, 4.69) is 4.40 Å². The number of hydrogen-bond donors (Lipinski definition) is 0. The van der Waals surface area contributed by atoms with Crippen molar-refractivity contribution >= 4 is 15.9 Å². The molecule has 0 spiro atoms. The lowest BCUT2D eigenvalue weighted by atomic mass is 10.3. The molecular formula is C14H19F3N2O2S. The van der Waals surface area contributed by atoms with E-state index in [-0.39, 0.29) is 18.0 Å². The van der Waals surface area contributed by atoms with Gasteiger partial charge in [0.1, 0.15) is 0 Å². The summed E-state index contributed by atoms with van der Waals surface area (Å²) < 4.78 is 66.9. The Morgan fingerprint density at radius 1 is 1.09 bits per heavy atom. The van der Waals surface area contributed by atoms with E-state index in [0.29, 0.717) is 12.8 Å². The molecule has 0 aromatic heterocycles. The fourth-order valence-electron chi connectivity index (χ4n) is 1.91. The first-order valence-corrected chi connectivity index (χ1v) is 8.38. The summed E-state index contributed by atoms with van der Waals surface area (Å²) in [7, 11) is -4.40. The van der Waals surface area contributed by atoms with Gasteiger partial charge >= 0.3 is 6.18 Å². The minimum atomic E-state index is -4.83. The van der Waals surface area contributed by atoms with Crippen LogP contribution in [0.5, 0.6) is 0 Å². The van der Waals surface area contributed by atoms with Crippen LogP contribution in [0.25, 0.3) is 0 Å². The minimum Gasteiger partial charge on any atom is -0.352 e. The Kier molecular flexibility index (Phi) is 6.40. The molecule has 0 amide bonds. The van der Waals surface area contributed by atoms with Gasteiger partial charge in [0.05, 0.1) is 4.90 Å². The third kappa shape index (κ3) is 5.01. The number of hydrogen-bond acceptors (Lipinski definition) is 2. The molecule has 1 aromatic carbocycles. The summed E-state index contributed by atoms with van der Waals surface area (Å²) >= 11 is 0. The highest BCUT2D eigenvalue weighted by molar-refractivity contribution is 7.90. The lowest BCUT2D eigenvalue weighted by Crippen LogP contribution is -2.42. The van der Waals surface area contributed by atoms with Crippen LogP contribution in [0.2, 0.25) is 0 Å². The van der Waals surface area contributed by atoms with E-state index < -0.39 is 22.0 Å². The van der Waals surface area contributed by atoms with Crippen LogP contribution in [0.3, 0.4) is 0 Å². The van der Waals surface area contributed by atoms with Gasteiger partial charge in [-0.3, -0.25) is 0 Å². The second-order valence-electron chi connectivity index (χ2n) is 4.69. The van der Waals surface area contributed by atoms with Crippen LogP contribution in [0.15, 0.2) is 39.6 Å². The number of sulfonamides is 1. The fourth-order valence-corrected chi connectivity index (χ4v) is 2.96. The zero-order valence-corrected chi connectivity index (χ0v) is 13.3. The molecule has 0 saturated carbocycles. The molecule has 0 saturated heterocycles. The molecule has 0 aliphatic carbocycles. The highest BCUT2D eigenvalue weighted by atomic mass is 32.2. The van der Waals surface area contributed by atoms with E-state index in [1.54, 1.807) is 19.9 Å². The Balaban J connectivity index is 3.32. The predicted octanol–water partition coefficient (Wildman–Crippen LogP) is 3.46. The molecule has 0 unspecified atom stereocenters. The van der Waals surface area contributed by atoms with E-state index in [4.69, 9.17) is 0 Å². The molecule has 0 N–H and O–H groups in total. The van der Waals surface area contributed by atoms with Crippen LogP contribution in [0.1, 0.15) is 26.7 Å². The molecule has 4 nitrogen and oxygen atoms in total. The first kappa shape index (κ1) is 18.5. The molecule has 1 rings (SSSR count). The van der Waals surface area contributed by atoms with Gasteiger partial charge in [-0.15, -0.1) is 4.40 Å². The van der Waals surface area contributed by atoms with Gasteiger partial charge in [0, 0.05) is 13.1 Å². The lowest BCUT2D eigenvalue weighted by molar-refractivity contribution is -0.0686. The highest BCUT2D eigenvalue weighted by Gasteiger charge is 2.41. The number of halogens is 3. The maximum Gasteiger partial charge on any atom is 0.450 e. The molecule has 8 heteroatoms. The van der Waals surface area contributed by atoms with Gasteiger partial charge in [0.2, 0.25) is 5.84 Å². The summed E-state index contributed by atoms with van der Waals surface area (Å²) in [4.78, 5) is 0.713. The van der Waals surface area contributed by atoms with Gasteiger partial charge < -0.3 is 4.90 Å². The Morgan fingerprint density at radius 3 is 2.00 bits per heavy atom. The van der Waals surface area contributed by atoms with Gasteiger partial charge in [0.15, 0.2) is 0 Å². The van der Waals surface area contributed by atoms with Crippen LogP contribution in [0, 0.1) is 0 Å². The van der Waals surface area contributed by atoms with E-state index in [0.717, 1.165) is 4.90 Å². The van der Waals surface area contributed by atoms with Gasteiger partial charge in [-0.1, -0.05) is 32.0 Å². The average Bonchev–Trinajstić information content (AvgIpc) is 2.44. The van der Waals surface area contributed by atoms with E-state index in [1.165, 1.54) is 24.3 Å². The smallest absolute Gasteiger partial charge is 0.352 e. The molecule has 0 fully saturated rings. The Labute approximate surface area is 128 Å². The number of nitrogens with zero attached hydrogens (tertiary/aromatic N) is 2. The van der Waals surface area contributed by atoms with Crippen molar-refractivity contribution in [3.63, 3.8) is 0 Å². The zero-order valence-electron chi connectivity index (χ0n) is 12.5. The molecule has 124 valence electrons. The number of benzene rings is 1. The maximum atomic E-state index is 13.2. The van der Waals surface area contributed by atoms with Crippen molar-refractivity contribution in [1.82, 2.24) is 4.90 Å². The molecule has 1 aromatic rings. The summed E-state index contributed by atoms with van der Waals surface area (Å²) in [5.74, 6) is -1.36. The summed E-state index contributed by atoms with van der Waals surface area (Å²) in [5.41, 5.74) is 0. The topological polar surface area (TPSA) is 49.7 Å². The first-order valence-electron chi connectivity index (χ1n) is 6.94. The van der Waals surface area contributed by atoms with Crippen molar-refractivity contribution in [1.29, 1.82) is 0 Å². The normalized spacial score (nSPS) is 13.2. The predicted molar refractivity (Wildman–Crippen MR) is 79.3 cm³/mol. The first-order chi connectivity index (χ1) is 10.2. The fraction of sp³-hybridized carbons (Fsp3) is 0.500. The second kappa shape index (κ2) is 7.62. The third-order valence-electron chi connectivity index (χ3n) is 2.79. The monoisotopic (exact) mass is 336 g/mol. The Hall–Kier alpha value is -1.57. The van der Waals surface area contributed by atoms with Crippen molar-refractivity contribution in [2.45, 2.75) is 37.8 Å². The van der Waals surface area contributed by atoms with Crippen LogP contribution in [-0.4, -0.2) is 38.4 Å². The number of rotatable bonds is 6. The SMILES string of the molecule is CCCN(CCC)C(=NS(=O)(=O)c1ccccc1)C(F)(F)F. The van der Waals surface area contributed by atoms with Crippen molar-refractivity contribution in [2.24, 2.45) is 4.40 Å². The Morgan fingerprint density at radius 2 is 1.59 bits per heavy atom. The molecule has 0 heterocycles. The largest absolute Gasteiger partial charge is 0.450 e. The number of alkyl halides is 3. The van der Waals surface area contributed by atoms with Gasteiger partial charge in [-0.25, -0.2) is 0 Å². The van der Waals surface area contributed by atoms with Crippen LogP contribution in [-0.2, 0) is 10.0 Å². The highest BCUT2D eigenvalue weighted by Crippen LogP contribution is 2.23. The van der Waals surface area contributed by atoms with Gasteiger partial charge in [-0.2, -0.15) is 21.6 Å². The molecule has 0 radical (unpaired) electrons. The second-order valence-corrected chi connectivity index (χ2v) is 6.29. The van der Waals surface area contributed by atoms with E-state index in [9.17, 15) is 21.6 Å². The third-order valence-corrected chi connectivity index (χ3v) is 4.07. The number of amidine groups is 1. The van der Waals surface area contributed by atoms with E-state index in [1.807, 2.05) is 0 Å². The standard InChI is InChI=1S/C14H19F3N2O2S/c1-3-10-19(11-4-2)13(14(15,16)17)18-22(20,21)12-8-6-5-7-9-12/h5-9H,3-4,10-11H2,1-2H3. The van der Waals surface area contributed by atoms with Crippen molar-refractivity contribution in [3.05, 3.63) is 30.3 Å². The molecule has 0 atom stereocenters. The lowest BCUT2D eigenvalue weighted by Gasteiger charge is -2.26.